The molecule has 2 amide bonds. The molecule has 0 spiro atoms. The van der Waals surface area contributed by atoms with Crippen molar-refractivity contribution in [3.63, 3.8) is 0 Å². The number of rotatable bonds is 5. The third-order valence-electron chi connectivity index (χ3n) is 4.72. The predicted molar refractivity (Wildman–Crippen MR) is 92.8 cm³/mol. The molecule has 1 aromatic heterocycles. The number of aromatic nitrogens is 1. The van der Waals surface area contributed by atoms with Gasteiger partial charge in [-0.25, -0.2) is 0 Å². The zero-order valence-electron chi connectivity index (χ0n) is 13.8. The first-order valence-electron chi connectivity index (χ1n) is 8.58. The fraction of sp³-hybridized carbons (Fsp3) is 0.389. The molecule has 2 aromatic rings. The fourth-order valence-corrected chi connectivity index (χ4v) is 3.17. The highest BCUT2D eigenvalue weighted by molar-refractivity contribution is 6.06. The number of carbonyl (C=O) groups is 2. The normalized spacial score (nSPS) is 16.9. The average molecular weight is 340 g/mol. The molecule has 2 aliphatic rings. The molecule has 2 fully saturated rings. The standard InChI is InChI=1S/C18H20N4O3/c19-17(23)12-5-6-15(22-7-1-2-8-22)13(9-12)20-18(24)14-10-16(25-21-14)11-3-4-11/h5-6,9-11H,1-4,7-8H2,(H2,19,23)(H,20,24). The van der Waals surface area contributed by atoms with Crippen molar-refractivity contribution in [2.24, 2.45) is 5.73 Å². The van der Waals surface area contributed by atoms with Crippen molar-refractivity contribution < 1.29 is 14.1 Å². The maximum absolute atomic E-state index is 12.6. The molecule has 7 nitrogen and oxygen atoms in total. The smallest absolute Gasteiger partial charge is 0.277 e. The van der Waals surface area contributed by atoms with Crippen molar-refractivity contribution in [3.8, 4) is 0 Å². The van der Waals surface area contributed by atoms with E-state index in [4.69, 9.17) is 10.3 Å². The monoisotopic (exact) mass is 340 g/mol. The van der Waals surface area contributed by atoms with E-state index in [2.05, 4.69) is 15.4 Å². The number of primary amides is 1. The van der Waals surface area contributed by atoms with E-state index in [1.165, 1.54) is 0 Å². The lowest BCUT2D eigenvalue weighted by Crippen LogP contribution is -2.22. The van der Waals surface area contributed by atoms with Gasteiger partial charge in [-0.3, -0.25) is 9.59 Å². The minimum atomic E-state index is -0.527. The second kappa shape index (κ2) is 6.23. The molecule has 25 heavy (non-hydrogen) atoms. The maximum Gasteiger partial charge on any atom is 0.277 e. The van der Waals surface area contributed by atoms with Gasteiger partial charge in [-0.05, 0) is 43.9 Å². The number of nitrogens with one attached hydrogen (secondary N) is 1. The van der Waals surface area contributed by atoms with Gasteiger partial charge in [0.25, 0.3) is 5.91 Å². The molecule has 0 radical (unpaired) electrons. The third-order valence-corrected chi connectivity index (χ3v) is 4.72. The quantitative estimate of drug-likeness (QED) is 0.871. The molecule has 130 valence electrons. The zero-order valence-corrected chi connectivity index (χ0v) is 13.8. The molecule has 1 aliphatic carbocycles. The van der Waals surface area contributed by atoms with Crippen molar-refractivity contribution in [3.05, 3.63) is 41.3 Å². The topological polar surface area (TPSA) is 101 Å². The van der Waals surface area contributed by atoms with E-state index in [0.717, 1.165) is 50.2 Å². The summed E-state index contributed by atoms with van der Waals surface area (Å²) in [7, 11) is 0. The minimum Gasteiger partial charge on any atom is -0.370 e. The van der Waals surface area contributed by atoms with E-state index in [-0.39, 0.29) is 11.6 Å². The Morgan fingerprint density at radius 3 is 2.64 bits per heavy atom. The molecule has 7 heteroatoms. The highest BCUT2D eigenvalue weighted by Crippen LogP contribution is 2.40. The van der Waals surface area contributed by atoms with Crippen LogP contribution in [0, 0.1) is 0 Å². The van der Waals surface area contributed by atoms with Gasteiger partial charge in [-0.2, -0.15) is 0 Å². The second-order valence-corrected chi connectivity index (χ2v) is 6.63. The number of anilines is 2. The van der Waals surface area contributed by atoms with Gasteiger partial charge in [0.1, 0.15) is 5.76 Å². The van der Waals surface area contributed by atoms with Crippen LogP contribution >= 0.6 is 0 Å². The third kappa shape index (κ3) is 3.22. The molecule has 3 N–H and O–H groups in total. The first kappa shape index (κ1) is 15.7. The van der Waals surface area contributed by atoms with E-state index < -0.39 is 5.91 Å². The van der Waals surface area contributed by atoms with Crippen molar-refractivity contribution >= 4 is 23.2 Å². The molecule has 1 saturated heterocycles. The molecule has 1 saturated carbocycles. The van der Waals surface area contributed by atoms with Crippen molar-refractivity contribution in [2.45, 2.75) is 31.6 Å². The first-order chi connectivity index (χ1) is 12.1. The summed E-state index contributed by atoms with van der Waals surface area (Å²) in [4.78, 5) is 26.2. The van der Waals surface area contributed by atoms with Crippen LogP contribution in [0.25, 0.3) is 0 Å². The Bertz CT molecular complexity index is 819. The summed E-state index contributed by atoms with van der Waals surface area (Å²) in [5.74, 6) is 0.279. The van der Waals surface area contributed by atoms with Crippen LogP contribution in [0.3, 0.4) is 0 Å². The van der Waals surface area contributed by atoms with Gasteiger partial charge in [0, 0.05) is 30.6 Å². The molecular weight excluding hydrogens is 320 g/mol. The fourth-order valence-electron chi connectivity index (χ4n) is 3.17. The van der Waals surface area contributed by atoms with E-state index in [0.29, 0.717) is 17.2 Å². The number of carbonyl (C=O) groups excluding carboxylic acids is 2. The number of nitrogens with two attached hydrogens (primary N) is 1. The first-order valence-corrected chi connectivity index (χ1v) is 8.58. The minimum absolute atomic E-state index is 0.249. The lowest BCUT2D eigenvalue weighted by atomic mass is 10.1. The summed E-state index contributed by atoms with van der Waals surface area (Å²) < 4.78 is 5.24. The zero-order chi connectivity index (χ0) is 17.4. The summed E-state index contributed by atoms with van der Waals surface area (Å²) in [5.41, 5.74) is 7.45. The van der Waals surface area contributed by atoms with Crippen LogP contribution in [0.5, 0.6) is 0 Å². The Hall–Kier alpha value is -2.83. The van der Waals surface area contributed by atoms with Gasteiger partial charge in [0.15, 0.2) is 5.69 Å². The number of amides is 2. The van der Waals surface area contributed by atoms with Crippen molar-refractivity contribution in [2.75, 3.05) is 23.3 Å². The van der Waals surface area contributed by atoms with Crippen LogP contribution in [-0.2, 0) is 0 Å². The molecule has 0 atom stereocenters. The predicted octanol–water partition coefficient (Wildman–Crippen LogP) is 2.50. The molecule has 1 aromatic carbocycles. The Balaban J connectivity index is 1.60. The van der Waals surface area contributed by atoms with Crippen LogP contribution in [0.1, 0.15) is 58.2 Å². The summed E-state index contributed by atoms with van der Waals surface area (Å²) in [6, 6.07) is 6.84. The summed E-state index contributed by atoms with van der Waals surface area (Å²) in [6.07, 6.45) is 4.38. The molecule has 2 heterocycles. The van der Waals surface area contributed by atoms with Crippen molar-refractivity contribution in [1.82, 2.24) is 5.16 Å². The second-order valence-electron chi connectivity index (χ2n) is 6.63. The average Bonchev–Trinajstić information content (AvgIpc) is 3.12. The highest BCUT2D eigenvalue weighted by Gasteiger charge is 2.29. The summed E-state index contributed by atoms with van der Waals surface area (Å²) in [6.45, 7) is 1.85. The number of benzene rings is 1. The molecule has 0 bridgehead atoms. The molecule has 4 rings (SSSR count). The largest absolute Gasteiger partial charge is 0.370 e. The van der Waals surface area contributed by atoms with Crippen molar-refractivity contribution in [1.29, 1.82) is 0 Å². The van der Waals surface area contributed by atoms with Gasteiger partial charge in [0.2, 0.25) is 5.91 Å². The molecule has 1 aliphatic heterocycles. The van der Waals surface area contributed by atoms with Crippen LogP contribution in [0.4, 0.5) is 11.4 Å². The molecule has 0 unspecified atom stereocenters. The van der Waals surface area contributed by atoms with Crippen LogP contribution in [0.2, 0.25) is 0 Å². The SMILES string of the molecule is NC(=O)c1ccc(N2CCCC2)c(NC(=O)c2cc(C3CC3)on2)c1. The Labute approximate surface area is 145 Å². The van der Waals surface area contributed by atoms with E-state index >= 15 is 0 Å². The van der Waals surface area contributed by atoms with Gasteiger partial charge in [0.05, 0.1) is 11.4 Å². The Kier molecular flexibility index (Phi) is 3.91. The van der Waals surface area contributed by atoms with Crippen LogP contribution in [-0.4, -0.2) is 30.1 Å². The van der Waals surface area contributed by atoms with Gasteiger partial charge >= 0.3 is 0 Å². The van der Waals surface area contributed by atoms with E-state index in [1.807, 2.05) is 6.07 Å². The van der Waals surface area contributed by atoms with E-state index in [1.54, 1.807) is 18.2 Å². The van der Waals surface area contributed by atoms with Crippen LogP contribution < -0.4 is 16.0 Å². The maximum atomic E-state index is 12.6. The lowest BCUT2D eigenvalue weighted by molar-refractivity contribution is 0.0994. The number of hydrogen-bond acceptors (Lipinski definition) is 5. The van der Waals surface area contributed by atoms with Gasteiger partial charge < -0.3 is 20.5 Å². The Morgan fingerprint density at radius 2 is 1.96 bits per heavy atom. The molecular formula is C18H20N4O3. The highest BCUT2D eigenvalue weighted by atomic mass is 16.5. The number of nitrogens with zero attached hydrogens (tertiary/aromatic N) is 2. The van der Waals surface area contributed by atoms with Crippen LogP contribution in [0.15, 0.2) is 28.8 Å². The summed E-state index contributed by atoms with van der Waals surface area (Å²) >= 11 is 0. The van der Waals surface area contributed by atoms with Gasteiger partial charge in [-0.1, -0.05) is 5.16 Å². The summed E-state index contributed by atoms with van der Waals surface area (Å²) in [5, 5.41) is 6.73. The lowest BCUT2D eigenvalue weighted by Gasteiger charge is -2.22. The number of hydrogen-bond donors (Lipinski definition) is 2. The van der Waals surface area contributed by atoms with Gasteiger partial charge in [-0.15, -0.1) is 0 Å². The Morgan fingerprint density at radius 1 is 1.20 bits per heavy atom. The van der Waals surface area contributed by atoms with E-state index in [9.17, 15) is 9.59 Å².